The normalized spacial score (nSPS) is 3.80. The van der Waals surface area contributed by atoms with E-state index in [9.17, 15) is 0 Å². The van der Waals surface area contributed by atoms with Crippen LogP contribution in [0.2, 0.25) is 0 Å². The van der Waals surface area contributed by atoms with Gasteiger partial charge in [0.15, 0.2) is 0 Å². The summed E-state index contributed by atoms with van der Waals surface area (Å²) >= 11 is 0. The number of nitriles is 1. The maximum atomic E-state index is 8.44. The van der Waals surface area contributed by atoms with E-state index in [0.29, 0.717) is 0 Å². The van der Waals surface area contributed by atoms with E-state index in [1.54, 1.807) is 6.07 Å². The number of hydrogen-bond donors (Lipinski definition) is 3. The van der Waals surface area contributed by atoms with E-state index in [1.807, 2.05) is 0 Å². The van der Waals surface area contributed by atoms with E-state index >= 15 is 0 Å². The molecule has 0 rings (SSSR count). The Morgan fingerprint density at radius 3 is 1.60 bits per heavy atom. The Morgan fingerprint density at radius 1 is 1.60 bits per heavy atom. The van der Waals surface area contributed by atoms with Gasteiger partial charge in [0.2, 0.25) is 6.16 Å². The van der Waals surface area contributed by atoms with Crippen molar-refractivity contribution in [1.29, 1.82) is 5.26 Å². The van der Waals surface area contributed by atoms with Crippen molar-refractivity contribution in [2.75, 3.05) is 7.11 Å². The van der Waals surface area contributed by atoms with Gasteiger partial charge < -0.3 is 26.3 Å². The molecule has 0 aromatic rings. The Balaban J connectivity index is -0.0000000273. The molecule has 0 amide bonds. The predicted octanol–water partition coefficient (Wildman–Crippen LogP) is -0.598. The van der Waals surface area contributed by atoms with Crippen molar-refractivity contribution < 1.29 is 20.1 Å². The Labute approximate surface area is 58.9 Å². The van der Waals surface area contributed by atoms with Crippen LogP contribution in [0.5, 0.6) is 0 Å². The number of quaternary nitrogens is 1. The molecule has 0 fully saturated rings. The van der Waals surface area contributed by atoms with Gasteiger partial charge in [-0.3, -0.25) is 0 Å². The zero-order valence-electron chi connectivity index (χ0n) is 6.16. The van der Waals surface area contributed by atoms with Gasteiger partial charge >= 0.3 is 0 Å². The highest BCUT2D eigenvalue weighted by Crippen LogP contribution is 1.32. The summed E-state index contributed by atoms with van der Waals surface area (Å²) in [5, 5.41) is 29.6. The maximum Gasteiger partial charge on any atom is 0.249 e. The van der Waals surface area contributed by atoms with Crippen molar-refractivity contribution in [3.8, 4) is 6.07 Å². The van der Waals surface area contributed by atoms with Gasteiger partial charge in [-0.05, 0) is 0 Å². The fourth-order valence-corrected chi connectivity index (χ4v) is 0. The molecule has 0 aromatic heterocycles. The highest BCUT2D eigenvalue weighted by molar-refractivity contribution is 5.50. The molecule has 0 spiro atoms. The molecule has 0 bridgehead atoms. The predicted molar refractivity (Wildman–Crippen MR) is 33.4 cm³/mol. The minimum atomic E-state index is -2.08. The van der Waals surface area contributed by atoms with Crippen molar-refractivity contribution in [2.45, 2.75) is 6.92 Å². The fourth-order valence-electron chi connectivity index (χ4n) is 0. The molecular formula is C4H12N2O4. The Kier molecular flexibility index (Phi) is 112. The largest absolute Gasteiger partial charge is 0.565 e. The van der Waals surface area contributed by atoms with Crippen LogP contribution in [0.3, 0.4) is 0 Å². The number of aliphatic hydroxyl groups is 1. The standard InChI is InChI=1S/C2H3N.CH2O3.CH4O.H3N/c1-2-3;2-1(3)4;1-2;/h1H3;(H2,2,3,4);2H,1H3;1H3. The van der Waals surface area contributed by atoms with Crippen LogP contribution in [0.25, 0.3) is 0 Å². The van der Waals surface area contributed by atoms with Gasteiger partial charge in [-0.1, -0.05) is 0 Å². The Morgan fingerprint density at radius 2 is 1.60 bits per heavy atom. The molecule has 0 aromatic carbocycles. The molecule has 0 unspecified atom stereocenters. The average Bonchev–Trinajstić information content (AvgIpc) is 1.71. The Hall–Kier alpha value is -1.32. The zero-order valence-corrected chi connectivity index (χ0v) is 6.16. The van der Waals surface area contributed by atoms with E-state index in [-0.39, 0.29) is 6.15 Å². The summed E-state index contributed by atoms with van der Waals surface area (Å²) < 4.78 is 0. The van der Waals surface area contributed by atoms with E-state index in [1.165, 1.54) is 6.92 Å². The molecule has 0 aliphatic carbocycles. The second-order valence-corrected chi connectivity index (χ2v) is 0.490. The van der Waals surface area contributed by atoms with Crippen LogP contribution in [-0.4, -0.2) is 23.5 Å². The fraction of sp³-hybridized carbons (Fsp3) is 0.500. The monoisotopic (exact) mass is 152 g/mol. The van der Waals surface area contributed by atoms with Crippen LogP contribution in [0.15, 0.2) is 0 Å². The van der Waals surface area contributed by atoms with Crippen LogP contribution in [-0.2, 0) is 0 Å². The number of aliphatic hydroxyl groups excluding tert-OH is 1. The lowest BCUT2D eigenvalue weighted by atomic mass is 11.0. The first-order chi connectivity index (χ1) is 4.15. The van der Waals surface area contributed by atoms with Gasteiger partial charge in [0.25, 0.3) is 0 Å². The van der Waals surface area contributed by atoms with Gasteiger partial charge in [-0.2, -0.15) is 5.26 Å². The highest BCUT2D eigenvalue weighted by Gasteiger charge is 1.51. The summed E-state index contributed by atoms with van der Waals surface area (Å²) in [5.41, 5.74) is 0. The average molecular weight is 152 g/mol. The van der Waals surface area contributed by atoms with Gasteiger partial charge in [0, 0.05) is 14.0 Å². The quantitative estimate of drug-likeness (QED) is 0.425. The molecule has 6 heteroatoms. The lowest BCUT2D eigenvalue weighted by molar-refractivity contribution is -0.275. The molecule has 0 saturated heterocycles. The second kappa shape index (κ2) is 47.7. The van der Waals surface area contributed by atoms with E-state index in [4.69, 9.17) is 25.4 Å². The molecule has 6 N–H and O–H groups in total. The molecule has 62 valence electrons. The lowest BCUT2D eigenvalue weighted by Crippen LogP contribution is -2.17. The van der Waals surface area contributed by atoms with Crippen LogP contribution < -0.4 is 11.3 Å². The third kappa shape index (κ3) is 124. The van der Waals surface area contributed by atoms with Gasteiger partial charge in [0.1, 0.15) is 0 Å². The first-order valence-corrected chi connectivity index (χ1v) is 1.80. The van der Waals surface area contributed by atoms with Gasteiger partial charge in [-0.15, -0.1) is 0 Å². The highest BCUT2D eigenvalue weighted by atomic mass is 16.6. The molecular weight excluding hydrogens is 140 g/mol. The molecule has 0 saturated carbocycles. The molecule has 0 heterocycles. The van der Waals surface area contributed by atoms with Crippen molar-refractivity contribution >= 4 is 6.16 Å². The molecule has 0 atom stereocenters. The third-order valence-electron chi connectivity index (χ3n) is 0. The first kappa shape index (κ1) is 23.4. The molecule has 0 radical (unpaired) electrons. The number of carboxylic acid groups (broad SMARTS) is 2. The SMILES string of the molecule is CC#N.CO.O=C([O-])O.[NH4+]. The topological polar surface area (TPSA) is 141 Å². The van der Waals surface area contributed by atoms with Crippen LogP contribution >= 0.6 is 0 Å². The Bertz CT molecular complexity index is 83.7. The molecule has 0 aliphatic heterocycles. The van der Waals surface area contributed by atoms with E-state index < -0.39 is 6.16 Å². The molecule has 0 aliphatic rings. The van der Waals surface area contributed by atoms with Crippen molar-refractivity contribution in [3.63, 3.8) is 0 Å². The summed E-state index contributed by atoms with van der Waals surface area (Å²) in [6.07, 6.45) is -2.08. The summed E-state index contributed by atoms with van der Waals surface area (Å²) in [5.74, 6) is 0. The number of nitrogens with zero attached hydrogens (tertiary/aromatic N) is 1. The minimum absolute atomic E-state index is 0. The number of rotatable bonds is 0. The number of carbonyl (C=O) groups is 1. The van der Waals surface area contributed by atoms with Crippen LogP contribution in [0.1, 0.15) is 6.92 Å². The van der Waals surface area contributed by atoms with Gasteiger partial charge in [-0.25, -0.2) is 0 Å². The lowest BCUT2D eigenvalue weighted by Gasteiger charge is -1.74. The summed E-state index contributed by atoms with van der Waals surface area (Å²) in [6.45, 7) is 1.43. The molecule has 6 nitrogen and oxygen atoms in total. The minimum Gasteiger partial charge on any atom is -0.565 e. The van der Waals surface area contributed by atoms with Crippen molar-refractivity contribution in [3.05, 3.63) is 0 Å². The summed E-state index contributed by atoms with van der Waals surface area (Å²) in [7, 11) is 1.00. The van der Waals surface area contributed by atoms with Gasteiger partial charge in [0.05, 0.1) is 6.07 Å². The van der Waals surface area contributed by atoms with E-state index in [0.717, 1.165) is 7.11 Å². The summed E-state index contributed by atoms with van der Waals surface area (Å²) in [4.78, 5) is 8.44. The van der Waals surface area contributed by atoms with E-state index in [2.05, 4.69) is 0 Å². The number of hydrogen-bond acceptors (Lipinski definition) is 4. The summed E-state index contributed by atoms with van der Waals surface area (Å²) in [6, 6.07) is 1.75. The van der Waals surface area contributed by atoms with Crippen LogP contribution in [0.4, 0.5) is 4.79 Å². The molecule has 10 heavy (non-hydrogen) atoms. The van der Waals surface area contributed by atoms with Crippen LogP contribution in [0, 0.1) is 11.3 Å². The zero-order chi connectivity index (χ0) is 8.28. The van der Waals surface area contributed by atoms with Crippen molar-refractivity contribution in [1.82, 2.24) is 6.15 Å². The maximum absolute atomic E-state index is 8.44. The first-order valence-electron chi connectivity index (χ1n) is 1.80. The third-order valence-corrected chi connectivity index (χ3v) is 0. The smallest absolute Gasteiger partial charge is 0.249 e. The second-order valence-electron chi connectivity index (χ2n) is 0.490. The van der Waals surface area contributed by atoms with Crippen molar-refractivity contribution in [2.24, 2.45) is 0 Å².